The summed E-state index contributed by atoms with van der Waals surface area (Å²) in [4.78, 5) is 0. The lowest BCUT2D eigenvalue weighted by Gasteiger charge is -2.40. The van der Waals surface area contributed by atoms with Crippen LogP contribution in [0.4, 0.5) is 0 Å². The summed E-state index contributed by atoms with van der Waals surface area (Å²) in [6.07, 6.45) is 1.29. The molecule has 2 heterocycles. The van der Waals surface area contributed by atoms with E-state index in [9.17, 15) is 16.8 Å². The van der Waals surface area contributed by atoms with Crippen LogP contribution in [0.15, 0.2) is 24.3 Å². The first-order valence-corrected chi connectivity index (χ1v) is 24.6. The highest BCUT2D eigenvalue weighted by Gasteiger charge is 2.44. The lowest BCUT2D eigenvalue weighted by Crippen LogP contribution is -2.44. The van der Waals surface area contributed by atoms with Crippen molar-refractivity contribution in [2.45, 2.75) is 128 Å². The molecule has 14 heteroatoms. The molecule has 10 nitrogen and oxygen atoms in total. The standard InChI is InChI=1S/2C15H28N2O3SSi/c2*1-11-9-10-13(17-16-11)14(12(2)21(6,18)19)20-22(7,8)15(3,4)5/h2*9-10,12,14H,1-8H3/t2*12-,14+/m10/s1. The van der Waals surface area contributed by atoms with Gasteiger partial charge in [0.15, 0.2) is 36.3 Å². The summed E-state index contributed by atoms with van der Waals surface area (Å²) in [6.45, 7) is 28.2. The third-order valence-electron chi connectivity index (χ3n) is 8.88. The minimum absolute atomic E-state index is 0.0133. The average Bonchev–Trinajstić information content (AvgIpc) is 2.84. The van der Waals surface area contributed by atoms with Crippen LogP contribution >= 0.6 is 0 Å². The summed E-state index contributed by atoms with van der Waals surface area (Å²) in [7, 11) is -10.8. The molecule has 2 aromatic rings. The molecule has 0 spiro atoms. The zero-order valence-corrected chi connectivity index (χ0v) is 33.3. The average molecular weight is 689 g/mol. The Morgan fingerprint density at radius 1 is 0.591 bits per heavy atom. The van der Waals surface area contributed by atoms with E-state index in [-0.39, 0.29) is 10.1 Å². The van der Waals surface area contributed by atoms with Crippen LogP contribution in [0.25, 0.3) is 0 Å². The van der Waals surface area contributed by atoms with Gasteiger partial charge >= 0.3 is 0 Å². The molecule has 0 N–H and O–H groups in total. The highest BCUT2D eigenvalue weighted by Crippen LogP contribution is 2.42. The minimum Gasteiger partial charge on any atom is -0.407 e. The van der Waals surface area contributed by atoms with E-state index in [0.29, 0.717) is 11.4 Å². The molecule has 0 aliphatic rings. The normalized spacial score (nSPS) is 16.4. The summed E-state index contributed by atoms with van der Waals surface area (Å²) in [6, 6.07) is 7.28. The number of aryl methyl sites for hydroxylation is 2. The second-order valence-electron chi connectivity index (χ2n) is 14.9. The summed E-state index contributed by atoms with van der Waals surface area (Å²) < 4.78 is 60.9. The Morgan fingerprint density at radius 3 is 1.05 bits per heavy atom. The maximum absolute atomic E-state index is 12.0. The molecular formula is C30H56N4O6S2Si2. The van der Waals surface area contributed by atoms with Gasteiger partial charge in [-0.3, -0.25) is 0 Å². The van der Waals surface area contributed by atoms with Crippen LogP contribution in [-0.2, 0) is 28.5 Å². The Hall–Kier alpha value is -1.59. The van der Waals surface area contributed by atoms with Crippen LogP contribution in [0.2, 0.25) is 36.3 Å². The van der Waals surface area contributed by atoms with Gasteiger partial charge in [0.25, 0.3) is 0 Å². The van der Waals surface area contributed by atoms with Crippen LogP contribution in [0.3, 0.4) is 0 Å². The van der Waals surface area contributed by atoms with Crippen LogP contribution in [0, 0.1) is 13.8 Å². The second kappa shape index (κ2) is 14.5. The molecule has 0 aliphatic heterocycles. The van der Waals surface area contributed by atoms with E-state index in [0.717, 1.165) is 11.4 Å². The van der Waals surface area contributed by atoms with Gasteiger partial charge in [0.2, 0.25) is 0 Å². The first kappa shape index (κ1) is 40.4. The molecule has 0 unspecified atom stereocenters. The Balaban J connectivity index is 0.000000440. The molecule has 252 valence electrons. The van der Waals surface area contributed by atoms with E-state index in [1.54, 1.807) is 13.8 Å². The summed E-state index contributed by atoms with van der Waals surface area (Å²) in [5.41, 5.74) is 2.74. The smallest absolute Gasteiger partial charge is 0.193 e. The number of hydrogen-bond donors (Lipinski definition) is 0. The predicted octanol–water partition coefficient (Wildman–Crippen LogP) is 6.56. The van der Waals surface area contributed by atoms with E-state index in [1.807, 2.05) is 38.1 Å². The van der Waals surface area contributed by atoms with Crippen molar-refractivity contribution in [3.05, 3.63) is 47.0 Å². The number of aromatic nitrogens is 4. The number of rotatable bonds is 10. The molecule has 4 atom stereocenters. The van der Waals surface area contributed by atoms with Crippen LogP contribution in [0.1, 0.15) is 90.4 Å². The Labute approximate surface area is 269 Å². The van der Waals surface area contributed by atoms with Gasteiger partial charge in [-0.05, 0) is 88.2 Å². The number of nitrogens with zero attached hydrogens (tertiary/aromatic N) is 4. The van der Waals surface area contributed by atoms with Gasteiger partial charge in [0.05, 0.1) is 33.3 Å². The van der Waals surface area contributed by atoms with E-state index in [4.69, 9.17) is 8.85 Å². The monoisotopic (exact) mass is 688 g/mol. The summed E-state index contributed by atoms with van der Waals surface area (Å²) in [5, 5.41) is 15.1. The van der Waals surface area contributed by atoms with Crippen molar-refractivity contribution in [3.63, 3.8) is 0 Å². The SMILES string of the molecule is Cc1ccc([C@@H](O[Si](C)(C)C(C)(C)C)[C@@H](C)S(C)(=O)=O)nn1.Cc1ccc([C@H](O[Si](C)(C)C(C)(C)C)[C@H](C)S(C)(=O)=O)nn1. The minimum atomic E-state index is -3.25. The maximum Gasteiger partial charge on any atom is 0.193 e. The van der Waals surface area contributed by atoms with Gasteiger partial charge in [0, 0.05) is 12.5 Å². The second-order valence-corrected chi connectivity index (χ2v) is 29.2. The van der Waals surface area contributed by atoms with Gasteiger partial charge in [-0.15, -0.1) is 0 Å². The Bertz CT molecular complexity index is 1320. The molecular weight excluding hydrogens is 633 g/mol. The topological polar surface area (TPSA) is 138 Å². The van der Waals surface area contributed by atoms with Gasteiger partial charge in [-0.25, -0.2) is 16.8 Å². The van der Waals surface area contributed by atoms with Gasteiger partial charge in [-0.2, -0.15) is 20.4 Å². The van der Waals surface area contributed by atoms with Crippen molar-refractivity contribution >= 4 is 36.3 Å². The largest absolute Gasteiger partial charge is 0.407 e. The molecule has 0 fully saturated rings. The summed E-state index contributed by atoms with van der Waals surface area (Å²) >= 11 is 0. The lowest BCUT2D eigenvalue weighted by atomic mass is 10.2. The zero-order valence-electron chi connectivity index (χ0n) is 29.7. The maximum atomic E-state index is 12.0. The first-order valence-electron chi connectivity index (χ1n) is 14.8. The molecule has 0 saturated heterocycles. The Morgan fingerprint density at radius 2 is 0.864 bits per heavy atom. The van der Waals surface area contributed by atoms with E-state index >= 15 is 0 Å². The zero-order chi connectivity index (χ0) is 34.7. The van der Waals surface area contributed by atoms with Crippen LogP contribution in [0.5, 0.6) is 0 Å². The van der Waals surface area contributed by atoms with Crippen molar-refractivity contribution in [2.75, 3.05) is 12.5 Å². The van der Waals surface area contributed by atoms with E-state index < -0.39 is 59.0 Å². The number of sulfone groups is 2. The fraction of sp³-hybridized carbons (Fsp3) is 0.733. The molecule has 0 radical (unpaired) electrons. The highest BCUT2D eigenvalue weighted by molar-refractivity contribution is 7.91. The molecule has 0 saturated carbocycles. The third-order valence-corrected chi connectivity index (χ3v) is 21.0. The third kappa shape index (κ3) is 11.3. The quantitative estimate of drug-likeness (QED) is 0.252. The fourth-order valence-electron chi connectivity index (χ4n) is 3.35. The van der Waals surface area contributed by atoms with E-state index in [1.165, 1.54) is 12.5 Å². The van der Waals surface area contributed by atoms with Crippen molar-refractivity contribution in [3.8, 4) is 0 Å². The van der Waals surface area contributed by atoms with Gasteiger partial charge in [0.1, 0.15) is 12.2 Å². The molecule has 0 aliphatic carbocycles. The fourth-order valence-corrected chi connectivity index (χ4v) is 7.46. The molecule has 0 amide bonds. The summed E-state index contributed by atoms with van der Waals surface area (Å²) in [5.74, 6) is 0. The van der Waals surface area contributed by atoms with Crippen molar-refractivity contribution < 1.29 is 25.7 Å². The lowest BCUT2D eigenvalue weighted by molar-refractivity contribution is 0.176. The molecule has 0 bridgehead atoms. The van der Waals surface area contributed by atoms with Crippen LogP contribution < -0.4 is 0 Å². The van der Waals surface area contributed by atoms with Crippen molar-refractivity contribution in [2.24, 2.45) is 0 Å². The molecule has 44 heavy (non-hydrogen) atoms. The van der Waals surface area contributed by atoms with Crippen molar-refractivity contribution in [1.82, 2.24) is 20.4 Å². The molecule has 2 rings (SSSR count). The van der Waals surface area contributed by atoms with Crippen LogP contribution in [-0.4, -0.2) is 76.9 Å². The highest BCUT2D eigenvalue weighted by atomic mass is 32.2. The number of hydrogen-bond acceptors (Lipinski definition) is 10. The van der Waals surface area contributed by atoms with Gasteiger partial charge in [-0.1, -0.05) is 41.5 Å². The van der Waals surface area contributed by atoms with Gasteiger partial charge < -0.3 is 8.85 Å². The predicted molar refractivity (Wildman–Crippen MR) is 184 cm³/mol. The Kier molecular flexibility index (Phi) is 13.3. The molecule has 2 aromatic heterocycles. The first-order chi connectivity index (χ1) is 19.5. The molecule has 0 aromatic carbocycles. The van der Waals surface area contributed by atoms with E-state index in [2.05, 4.69) is 88.1 Å². The van der Waals surface area contributed by atoms with Crippen molar-refractivity contribution in [1.29, 1.82) is 0 Å².